The first kappa shape index (κ1) is 10.4. The van der Waals surface area contributed by atoms with E-state index in [0.29, 0.717) is 6.04 Å². The molecular weight excluding hydrogens is 140 g/mol. The van der Waals surface area contributed by atoms with Crippen molar-refractivity contribution in [3.8, 4) is 0 Å². The second-order valence-corrected chi connectivity index (χ2v) is 2.65. The van der Waals surface area contributed by atoms with Crippen molar-refractivity contribution < 1.29 is 4.79 Å². The standard InChI is InChI=1S/C8H18N2O/c1-4-9-8(3)6-10(5-2)7-11/h7-9H,4-6H2,1-3H3. The van der Waals surface area contributed by atoms with Crippen molar-refractivity contribution in [3.63, 3.8) is 0 Å². The van der Waals surface area contributed by atoms with Gasteiger partial charge in [0.1, 0.15) is 0 Å². The molecule has 3 nitrogen and oxygen atoms in total. The summed E-state index contributed by atoms with van der Waals surface area (Å²) in [5.41, 5.74) is 0. The van der Waals surface area contributed by atoms with E-state index in [1.165, 1.54) is 0 Å². The summed E-state index contributed by atoms with van der Waals surface area (Å²) in [6, 6.07) is 0.394. The normalized spacial score (nSPS) is 12.6. The third kappa shape index (κ3) is 4.79. The number of amides is 1. The summed E-state index contributed by atoms with van der Waals surface area (Å²) >= 11 is 0. The van der Waals surface area contributed by atoms with Crippen molar-refractivity contribution >= 4 is 6.41 Å². The SMILES string of the molecule is CCNC(C)CN(C=O)CC. The maximum absolute atomic E-state index is 10.4. The van der Waals surface area contributed by atoms with Crippen LogP contribution in [0.5, 0.6) is 0 Å². The lowest BCUT2D eigenvalue weighted by Crippen LogP contribution is -2.38. The number of likely N-dealkylation sites (N-methyl/N-ethyl adjacent to an activating group) is 2. The van der Waals surface area contributed by atoms with Crippen LogP contribution in [-0.2, 0) is 4.79 Å². The van der Waals surface area contributed by atoms with Crippen molar-refractivity contribution in [3.05, 3.63) is 0 Å². The first-order valence-corrected chi connectivity index (χ1v) is 4.17. The fourth-order valence-corrected chi connectivity index (χ4v) is 1.01. The molecule has 0 aromatic carbocycles. The highest BCUT2D eigenvalue weighted by Crippen LogP contribution is 1.87. The van der Waals surface area contributed by atoms with Gasteiger partial charge in [0, 0.05) is 19.1 Å². The number of hydrogen-bond acceptors (Lipinski definition) is 2. The van der Waals surface area contributed by atoms with E-state index >= 15 is 0 Å². The third-order valence-corrected chi connectivity index (χ3v) is 1.62. The lowest BCUT2D eigenvalue weighted by Gasteiger charge is -2.20. The molecule has 0 heterocycles. The molecule has 66 valence electrons. The lowest BCUT2D eigenvalue weighted by atomic mass is 10.3. The van der Waals surface area contributed by atoms with Crippen LogP contribution in [-0.4, -0.2) is 37.0 Å². The minimum atomic E-state index is 0.394. The predicted octanol–water partition coefficient (Wildman–Crippen LogP) is 0.463. The Bertz CT molecular complexity index is 106. The van der Waals surface area contributed by atoms with E-state index < -0.39 is 0 Å². The molecule has 1 N–H and O–H groups in total. The molecule has 0 rings (SSSR count). The molecule has 0 aliphatic heterocycles. The van der Waals surface area contributed by atoms with E-state index in [4.69, 9.17) is 0 Å². The Morgan fingerprint density at radius 2 is 2.18 bits per heavy atom. The van der Waals surface area contributed by atoms with Crippen LogP contribution in [0.3, 0.4) is 0 Å². The fourth-order valence-electron chi connectivity index (χ4n) is 1.01. The summed E-state index contributed by atoms with van der Waals surface area (Å²) in [6.07, 6.45) is 0.897. The minimum absolute atomic E-state index is 0.394. The van der Waals surface area contributed by atoms with E-state index in [9.17, 15) is 4.79 Å². The molecule has 0 radical (unpaired) electrons. The van der Waals surface area contributed by atoms with Crippen LogP contribution in [0.4, 0.5) is 0 Å². The topological polar surface area (TPSA) is 32.3 Å². The van der Waals surface area contributed by atoms with E-state index in [1.807, 2.05) is 6.92 Å². The molecule has 0 spiro atoms. The Morgan fingerprint density at radius 3 is 2.55 bits per heavy atom. The first-order valence-electron chi connectivity index (χ1n) is 4.17. The van der Waals surface area contributed by atoms with E-state index in [2.05, 4.69) is 19.2 Å². The number of hydrogen-bond donors (Lipinski definition) is 1. The first-order chi connectivity index (χ1) is 5.24. The third-order valence-electron chi connectivity index (χ3n) is 1.62. The van der Waals surface area contributed by atoms with Gasteiger partial charge in [-0.3, -0.25) is 4.79 Å². The minimum Gasteiger partial charge on any atom is -0.344 e. The monoisotopic (exact) mass is 158 g/mol. The number of carbonyl (C=O) groups excluding carboxylic acids is 1. The van der Waals surface area contributed by atoms with Crippen molar-refractivity contribution in [2.75, 3.05) is 19.6 Å². The Labute approximate surface area is 68.8 Å². The molecule has 0 aromatic rings. The van der Waals surface area contributed by atoms with Gasteiger partial charge in [-0.2, -0.15) is 0 Å². The molecule has 3 heteroatoms. The Balaban J connectivity index is 3.53. The van der Waals surface area contributed by atoms with Crippen LogP contribution in [0, 0.1) is 0 Å². The van der Waals surface area contributed by atoms with Gasteiger partial charge in [0.2, 0.25) is 6.41 Å². The van der Waals surface area contributed by atoms with E-state index in [0.717, 1.165) is 26.0 Å². The molecule has 0 bridgehead atoms. The molecule has 0 aliphatic rings. The molecule has 0 fully saturated rings. The van der Waals surface area contributed by atoms with Gasteiger partial charge in [-0.25, -0.2) is 0 Å². The molecule has 0 saturated heterocycles. The highest BCUT2D eigenvalue weighted by Gasteiger charge is 2.03. The summed E-state index contributed by atoms with van der Waals surface area (Å²) in [6.45, 7) is 8.67. The second kappa shape index (κ2) is 6.16. The predicted molar refractivity (Wildman–Crippen MR) is 46.4 cm³/mol. The summed E-state index contributed by atoms with van der Waals surface area (Å²) in [7, 11) is 0. The largest absolute Gasteiger partial charge is 0.344 e. The number of rotatable bonds is 6. The molecule has 0 aromatic heterocycles. The highest BCUT2D eigenvalue weighted by atomic mass is 16.1. The van der Waals surface area contributed by atoms with E-state index in [-0.39, 0.29) is 0 Å². The number of nitrogens with zero attached hydrogens (tertiary/aromatic N) is 1. The van der Waals surface area contributed by atoms with Gasteiger partial charge in [0.15, 0.2) is 0 Å². The molecule has 0 aliphatic carbocycles. The number of nitrogens with one attached hydrogen (secondary N) is 1. The quantitative estimate of drug-likeness (QED) is 0.570. The van der Waals surface area contributed by atoms with Crippen LogP contribution in [0.1, 0.15) is 20.8 Å². The maximum atomic E-state index is 10.4. The summed E-state index contributed by atoms with van der Waals surface area (Å²) in [4.78, 5) is 12.1. The molecule has 11 heavy (non-hydrogen) atoms. The molecule has 1 atom stereocenters. The molecular formula is C8H18N2O. The smallest absolute Gasteiger partial charge is 0.209 e. The van der Waals surface area contributed by atoms with Crippen LogP contribution >= 0.6 is 0 Å². The van der Waals surface area contributed by atoms with Gasteiger partial charge in [-0.15, -0.1) is 0 Å². The zero-order valence-corrected chi connectivity index (χ0v) is 7.63. The molecule has 0 saturated carbocycles. The summed E-state index contributed by atoms with van der Waals surface area (Å²) in [5, 5.41) is 3.24. The van der Waals surface area contributed by atoms with Crippen LogP contribution in [0.2, 0.25) is 0 Å². The Hall–Kier alpha value is -0.570. The van der Waals surface area contributed by atoms with Crippen LogP contribution < -0.4 is 5.32 Å². The van der Waals surface area contributed by atoms with Gasteiger partial charge < -0.3 is 10.2 Å². The zero-order valence-electron chi connectivity index (χ0n) is 7.63. The van der Waals surface area contributed by atoms with Gasteiger partial charge in [0.25, 0.3) is 0 Å². The van der Waals surface area contributed by atoms with Gasteiger partial charge >= 0.3 is 0 Å². The van der Waals surface area contributed by atoms with Crippen molar-refractivity contribution in [2.45, 2.75) is 26.8 Å². The lowest BCUT2D eigenvalue weighted by molar-refractivity contribution is -0.118. The molecule has 1 unspecified atom stereocenters. The average molecular weight is 158 g/mol. The summed E-state index contributed by atoms with van der Waals surface area (Å²) in [5.74, 6) is 0. The van der Waals surface area contributed by atoms with Crippen LogP contribution in [0.15, 0.2) is 0 Å². The maximum Gasteiger partial charge on any atom is 0.209 e. The van der Waals surface area contributed by atoms with Crippen molar-refractivity contribution in [2.24, 2.45) is 0 Å². The molecule has 1 amide bonds. The Kier molecular flexibility index (Phi) is 5.84. The average Bonchev–Trinajstić information content (AvgIpc) is 2.01. The zero-order chi connectivity index (χ0) is 8.69. The second-order valence-electron chi connectivity index (χ2n) is 2.65. The van der Waals surface area contributed by atoms with Crippen molar-refractivity contribution in [1.82, 2.24) is 10.2 Å². The number of carbonyl (C=O) groups is 1. The highest BCUT2D eigenvalue weighted by molar-refractivity contribution is 5.46. The summed E-state index contributed by atoms with van der Waals surface area (Å²) < 4.78 is 0. The van der Waals surface area contributed by atoms with Gasteiger partial charge in [-0.1, -0.05) is 6.92 Å². The van der Waals surface area contributed by atoms with Gasteiger partial charge in [-0.05, 0) is 20.4 Å². The van der Waals surface area contributed by atoms with Crippen molar-refractivity contribution in [1.29, 1.82) is 0 Å². The Morgan fingerprint density at radius 1 is 1.55 bits per heavy atom. The van der Waals surface area contributed by atoms with Gasteiger partial charge in [0.05, 0.1) is 0 Å². The van der Waals surface area contributed by atoms with Crippen LogP contribution in [0.25, 0.3) is 0 Å². The van der Waals surface area contributed by atoms with E-state index in [1.54, 1.807) is 4.90 Å². The fraction of sp³-hybridized carbons (Fsp3) is 0.875.